The van der Waals surface area contributed by atoms with Crippen LogP contribution in [0.2, 0.25) is 0 Å². The molecule has 9 nitrogen and oxygen atoms in total. The summed E-state index contributed by atoms with van der Waals surface area (Å²) in [5, 5.41) is 5.43. The highest BCUT2D eigenvalue weighted by Crippen LogP contribution is 2.15. The van der Waals surface area contributed by atoms with Crippen LogP contribution in [0.25, 0.3) is 0 Å². The molecule has 1 aromatic rings. The maximum absolute atomic E-state index is 13.0. The third-order valence-corrected chi connectivity index (χ3v) is 4.77. The quantitative estimate of drug-likeness (QED) is 0.223. The summed E-state index contributed by atoms with van der Waals surface area (Å²) >= 11 is 0. The maximum atomic E-state index is 13.0. The van der Waals surface area contributed by atoms with Gasteiger partial charge >= 0.3 is 14.0 Å². The molecule has 2 heterocycles. The average Bonchev–Trinajstić information content (AvgIpc) is 2.77. The minimum absolute atomic E-state index is 0.116. The number of carbonyl (C=O) groups is 3. The fraction of sp³-hybridized carbons (Fsp3) is 0.455. The second-order valence-electron chi connectivity index (χ2n) is 7.79. The van der Waals surface area contributed by atoms with E-state index in [2.05, 4.69) is 15.6 Å². The number of nitrogens with one attached hydrogen (secondary N) is 2. The molecule has 2 aliphatic rings. The summed E-state index contributed by atoms with van der Waals surface area (Å²) in [6, 6.07) is 4.63. The largest absolute Gasteiger partial charge is 0.560 e. The molecule has 0 aromatic heterocycles. The van der Waals surface area contributed by atoms with Crippen LogP contribution in [0, 0.1) is 5.92 Å². The van der Waals surface area contributed by atoms with Crippen LogP contribution in [0.5, 0.6) is 5.75 Å². The van der Waals surface area contributed by atoms with Gasteiger partial charge in [-0.1, -0.05) is 32.1 Å². The monoisotopic (exact) mass is 443 g/mol. The van der Waals surface area contributed by atoms with E-state index in [1.807, 2.05) is 26.0 Å². The predicted molar refractivity (Wildman–Crippen MR) is 122 cm³/mol. The van der Waals surface area contributed by atoms with Crippen molar-refractivity contribution in [2.24, 2.45) is 10.9 Å². The van der Waals surface area contributed by atoms with Gasteiger partial charge in [0.1, 0.15) is 30.5 Å². The van der Waals surface area contributed by atoms with Gasteiger partial charge in [0.05, 0.1) is 7.11 Å². The number of methoxy groups -OCH3 is 1. The summed E-state index contributed by atoms with van der Waals surface area (Å²) in [4.78, 5) is 42.4. The molecule has 2 bridgehead atoms. The molecule has 3 atom stereocenters. The summed E-state index contributed by atoms with van der Waals surface area (Å²) in [6.45, 7) is 4.08. The summed E-state index contributed by atoms with van der Waals surface area (Å²) in [5.74, 6) is -0.792. The lowest BCUT2D eigenvalue weighted by atomic mass is 10.0. The number of amides is 2. The molecule has 32 heavy (non-hydrogen) atoms. The SMILES string of the molecule is BOC=N[C@H]1Cc2ccc(cc2)OC/C=C/[C@@H](C(=O)OC)NC(=O)[C@H](CC(C)C)NC1=O. The van der Waals surface area contributed by atoms with Crippen molar-refractivity contribution in [1.29, 1.82) is 0 Å². The van der Waals surface area contributed by atoms with Crippen LogP contribution < -0.4 is 15.4 Å². The van der Waals surface area contributed by atoms with Gasteiger partial charge in [0.2, 0.25) is 11.8 Å². The van der Waals surface area contributed by atoms with Gasteiger partial charge < -0.3 is 24.8 Å². The Labute approximate surface area is 189 Å². The number of rotatable bonds is 5. The van der Waals surface area contributed by atoms with Crippen LogP contribution in [-0.4, -0.2) is 64.1 Å². The van der Waals surface area contributed by atoms with Gasteiger partial charge in [-0.15, -0.1) is 0 Å². The molecule has 0 unspecified atom stereocenters. The van der Waals surface area contributed by atoms with Crippen molar-refractivity contribution in [1.82, 2.24) is 10.6 Å². The molecule has 2 aliphatic heterocycles. The zero-order valence-electron chi connectivity index (χ0n) is 18.9. The van der Waals surface area contributed by atoms with Crippen molar-refractivity contribution < 1.29 is 28.5 Å². The molecule has 172 valence electrons. The summed E-state index contributed by atoms with van der Waals surface area (Å²) < 4.78 is 15.3. The Morgan fingerprint density at radius 3 is 2.59 bits per heavy atom. The Morgan fingerprint density at radius 1 is 1.25 bits per heavy atom. The van der Waals surface area contributed by atoms with Crippen molar-refractivity contribution in [3.63, 3.8) is 0 Å². The van der Waals surface area contributed by atoms with Gasteiger partial charge in [0.15, 0.2) is 6.40 Å². The van der Waals surface area contributed by atoms with Crippen molar-refractivity contribution in [3.8, 4) is 5.75 Å². The zero-order valence-corrected chi connectivity index (χ0v) is 18.9. The minimum atomic E-state index is -1.01. The first kappa shape index (κ1) is 25.0. The lowest BCUT2D eigenvalue weighted by Gasteiger charge is -2.24. The van der Waals surface area contributed by atoms with Crippen LogP contribution in [0.3, 0.4) is 0 Å². The second kappa shape index (κ2) is 12.5. The second-order valence-corrected chi connectivity index (χ2v) is 7.79. The standard InChI is InChI=1S/C22H30BN3O6/c1-14(2)11-19-21(28)25-17(22(29)30-3)5-4-10-31-16-8-6-15(7-9-16)12-18(20(27)26-19)24-13-32-23/h4-9,13-14,17-19H,10-12,23H2,1-3H3,(H,25,28)(H,26,27)/b5-4+,24-13?/t17-,18-,19-/m0/s1. The number of benzene rings is 1. The number of fused-ring (bicyclic) bond motifs is 12. The number of nitrogens with zero attached hydrogens (tertiary/aromatic N) is 1. The predicted octanol–water partition coefficient (Wildman–Crippen LogP) is 0.328. The average molecular weight is 443 g/mol. The number of esters is 1. The number of carbonyl (C=O) groups excluding carboxylic acids is 3. The van der Waals surface area contributed by atoms with E-state index < -0.39 is 35.9 Å². The Bertz CT molecular complexity index is 841. The summed E-state index contributed by atoms with van der Waals surface area (Å²) in [6.07, 6.45) is 5.03. The first-order chi connectivity index (χ1) is 15.3. The molecule has 2 amide bonds. The van der Waals surface area contributed by atoms with E-state index in [9.17, 15) is 14.4 Å². The molecule has 0 aliphatic carbocycles. The molecule has 0 saturated heterocycles. The highest BCUT2D eigenvalue weighted by atomic mass is 16.5. The third kappa shape index (κ3) is 7.75. The zero-order chi connectivity index (χ0) is 23.5. The van der Waals surface area contributed by atoms with E-state index in [0.717, 1.165) is 5.56 Å². The molecule has 10 heteroatoms. The van der Waals surface area contributed by atoms with E-state index in [0.29, 0.717) is 18.6 Å². The topological polar surface area (TPSA) is 115 Å². The highest BCUT2D eigenvalue weighted by molar-refractivity contribution is 6.02. The van der Waals surface area contributed by atoms with Crippen molar-refractivity contribution in [2.75, 3.05) is 13.7 Å². The molecule has 1 aromatic carbocycles. The van der Waals surface area contributed by atoms with E-state index >= 15 is 0 Å². The number of hydrogen-bond donors (Lipinski definition) is 2. The van der Waals surface area contributed by atoms with Gasteiger partial charge in [0.25, 0.3) is 0 Å². The van der Waals surface area contributed by atoms with Crippen LogP contribution in [0.4, 0.5) is 0 Å². The first-order valence-corrected chi connectivity index (χ1v) is 10.5. The van der Waals surface area contributed by atoms with Gasteiger partial charge in [-0.05, 0) is 36.1 Å². The summed E-state index contributed by atoms with van der Waals surface area (Å²) in [7, 11) is 2.68. The molecule has 0 saturated carbocycles. The number of ether oxygens (including phenoxy) is 2. The fourth-order valence-corrected chi connectivity index (χ4v) is 3.17. The molecule has 3 rings (SSSR count). The molecule has 0 radical (unpaired) electrons. The van der Waals surface area contributed by atoms with Crippen molar-refractivity contribution in [3.05, 3.63) is 42.0 Å². The van der Waals surface area contributed by atoms with E-state index in [1.54, 1.807) is 18.2 Å². The van der Waals surface area contributed by atoms with E-state index in [1.165, 1.54) is 27.6 Å². The van der Waals surface area contributed by atoms with Gasteiger partial charge in [-0.25, -0.2) is 9.79 Å². The van der Waals surface area contributed by atoms with Crippen LogP contribution in [0.15, 0.2) is 41.4 Å². The molecule has 0 spiro atoms. The maximum Gasteiger partial charge on any atom is 0.332 e. The fourth-order valence-electron chi connectivity index (χ4n) is 3.17. The lowest BCUT2D eigenvalue weighted by molar-refractivity contribution is -0.144. The Balaban J connectivity index is 2.39. The van der Waals surface area contributed by atoms with E-state index in [4.69, 9.17) is 14.1 Å². The van der Waals surface area contributed by atoms with Crippen molar-refractivity contribution >= 4 is 32.2 Å². The van der Waals surface area contributed by atoms with Gasteiger partial charge in [-0.2, -0.15) is 0 Å². The van der Waals surface area contributed by atoms with Gasteiger partial charge in [-0.3, -0.25) is 9.59 Å². The van der Waals surface area contributed by atoms with Crippen LogP contribution >= 0.6 is 0 Å². The minimum Gasteiger partial charge on any atom is -0.560 e. The molecule has 0 fully saturated rings. The van der Waals surface area contributed by atoms with Gasteiger partial charge in [0, 0.05) is 6.42 Å². The Morgan fingerprint density at radius 2 is 1.97 bits per heavy atom. The normalized spacial score (nSPS) is 23.3. The van der Waals surface area contributed by atoms with Crippen LogP contribution in [-0.2, 0) is 30.2 Å². The third-order valence-electron chi connectivity index (χ3n) is 4.77. The summed E-state index contributed by atoms with van der Waals surface area (Å²) in [5.41, 5.74) is 0.879. The number of aliphatic imine (C=N–C) groups is 1. The number of hydrogen-bond acceptors (Lipinski definition) is 7. The van der Waals surface area contributed by atoms with E-state index in [-0.39, 0.29) is 12.5 Å². The first-order valence-electron chi connectivity index (χ1n) is 10.5. The molecule has 2 N–H and O–H groups in total. The molecular formula is C22H30BN3O6. The highest BCUT2D eigenvalue weighted by Gasteiger charge is 2.29. The van der Waals surface area contributed by atoms with Crippen LogP contribution in [0.1, 0.15) is 25.8 Å². The van der Waals surface area contributed by atoms with Crippen molar-refractivity contribution in [2.45, 2.75) is 44.8 Å². The Kier molecular flexibility index (Phi) is 9.78. The lowest BCUT2D eigenvalue weighted by Crippen LogP contribution is -2.53. The Hall–Kier alpha value is -3.30. The molecular weight excluding hydrogens is 413 g/mol. The smallest absolute Gasteiger partial charge is 0.332 e.